The first-order chi connectivity index (χ1) is 7.58. The first kappa shape index (κ1) is 10.7. The molecule has 0 radical (unpaired) electrons. The minimum absolute atomic E-state index is 0.138. The average molecular weight is 220 g/mol. The number of furan rings is 2. The summed E-state index contributed by atoms with van der Waals surface area (Å²) in [4.78, 5) is 11.8. The Kier molecular flexibility index (Phi) is 2.66. The Morgan fingerprint density at radius 3 is 2.25 bits per heavy atom. The van der Waals surface area contributed by atoms with E-state index in [1.54, 1.807) is 32.0 Å². The van der Waals surface area contributed by atoms with Crippen LogP contribution in [-0.4, -0.2) is 10.9 Å². The number of aliphatic hydroxyl groups is 1. The van der Waals surface area contributed by atoms with Crippen molar-refractivity contribution in [3.05, 3.63) is 47.3 Å². The highest BCUT2D eigenvalue weighted by molar-refractivity contribution is 5.97. The highest BCUT2D eigenvalue weighted by atomic mass is 16.4. The molecule has 0 aliphatic carbocycles. The van der Waals surface area contributed by atoms with Crippen molar-refractivity contribution in [2.45, 2.75) is 20.0 Å². The lowest BCUT2D eigenvalue weighted by Crippen LogP contribution is -2.10. The van der Waals surface area contributed by atoms with Gasteiger partial charge < -0.3 is 13.9 Å². The van der Waals surface area contributed by atoms with Crippen LogP contribution in [0.5, 0.6) is 0 Å². The van der Waals surface area contributed by atoms with Gasteiger partial charge in [-0.25, -0.2) is 0 Å². The number of rotatable bonds is 3. The van der Waals surface area contributed by atoms with Crippen LogP contribution in [0.4, 0.5) is 0 Å². The summed E-state index contributed by atoms with van der Waals surface area (Å²) in [5.74, 6) is 1.15. The van der Waals surface area contributed by atoms with E-state index in [4.69, 9.17) is 8.83 Å². The lowest BCUT2D eigenvalue weighted by atomic mass is 10.1. The normalized spacial score (nSPS) is 12.7. The third-order valence-corrected chi connectivity index (χ3v) is 2.26. The van der Waals surface area contributed by atoms with Crippen molar-refractivity contribution in [1.29, 1.82) is 0 Å². The molecule has 2 aromatic heterocycles. The van der Waals surface area contributed by atoms with Gasteiger partial charge in [0.05, 0.1) is 0 Å². The number of aryl methyl sites for hydroxylation is 2. The fraction of sp³-hybridized carbons (Fsp3) is 0.250. The Morgan fingerprint density at radius 2 is 1.75 bits per heavy atom. The zero-order chi connectivity index (χ0) is 11.7. The number of aliphatic hydroxyl groups excluding tert-OH is 1. The van der Waals surface area contributed by atoms with Crippen LogP contribution in [0.25, 0.3) is 0 Å². The largest absolute Gasteiger partial charge is 0.463 e. The number of hydrogen-bond donors (Lipinski definition) is 1. The molecule has 4 nitrogen and oxygen atoms in total. The molecule has 0 fully saturated rings. The Bertz CT molecular complexity index is 507. The Labute approximate surface area is 92.5 Å². The predicted molar refractivity (Wildman–Crippen MR) is 56.2 cm³/mol. The molecule has 0 saturated heterocycles. The van der Waals surface area contributed by atoms with Gasteiger partial charge in [0.2, 0.25) is 5.78 Å². The first-order valence-electron chi connectivity index (χ1n) is 4.93. The van der Waals surface area contributed by atoms with Gasteiger partial charge in [0.15, 0.2) is 11.9 Å². The van der Waals surface area contributed by atoms with Gasteiger partial charge in [-0.2, -0.15) is 0 Å². The molecule has 0 aliphatic rings. The monoisotopic (exact) mass is 220 g/mol. The van der Waals surface area contributed by atoms with Crippen LogP contribution in [0.15, 0.2) is 33.1 Å². The number of ketones is 1. The quantitative estimate of drug-likeness (QED) is 0.807. The Balaban J connectivity index is 2.22. The molecule has 0 aromatic carbocycles. The van der Waals surface area contributed by atoms with Crippen molar-refractivity contribution in [3.8, 4) is 0 Å². The Morgan fingerprint density at radius 1 is 1.12 bits per heavy atom. The summed E-state index contributed by atoms with van der Waals surface area (Å²) < 4.78 is 10.3. The predicted octanol–water partition coefficient (Wildman–Crippen LogP) is 2.41. The summed E-state index contributed by atoms with van der Waals surface area (Å²) in [6, 6.07) is 6.48. The smallest absolute Gasteiger partial charge is 0.234 e. The fourth-order valence-electron chi connectivity index (χ4n) is 1.43. The van der Waals surface area contributed by atoms with Gasteiger partial charge in [-0.05, 0) is 38.1 Å². The van der Waals surface area contributed by atoms with Crippen LogP contribution >= 0.6 is 0 Å². The molecule has 2 heterocycles. The summed E-state index contributed by atoms with van der Waals surface area (Å²) in [6.45, 7) is 3.48. The maximum absolute atomic E-state index is 11.8. The molecule has 2 rings (SSSR count). The lowest BCUT2D eigenvalue weighted by molar-refractivity contribution is 0.0670. The third kappa shape index (κ3) is 1.92. The van der Waals surface area contributed by atoms with Crippen molar-refractivity contribution in [1.82, 2.24) is 0 Å². The van der Waals surface area contributed by atoms with E-state index >= 15 is 0 Å². The van der Waals surface area contributed by atoms with E-state index in [0.717, 1.165) is 0 Å². The van der Waals surface area contributed by atoms with Crippen LogP contribution in [0.3, 0.4) is 0 Å². The molecule has 0 spiro atoms. The van der Waals surface area contributed by atoms with Crippen LogP contribution in [-0.2, 0) is 0 Å². The summed E-state index contributed by atoms with van der Waals surface area (Å²) in [7, 11) is 0. The van der Waals surface area contributed by atoms with Crippen molar-refractivity contribution in [3.63, 3.8) is 0 Å². The van der Waals surface area contributed by atoms with E-state index in [1.165, 1.54) is 6.07 Å². The molecule has 1 atom stereocenters. The topological polar surface area (TPSA) is 63.6 Å². The second-order valence-electron chi connectivity index (χ2n) is 3.63. The molecular formula is C12H12O4. The zero-order valence-electron chi connectivity index (χ0n) is 9.06. The summed E-state index contributed by atoms with van der Waals surface area (Å²) in [5.41, 5.74) is 0. The molecular weight excluding hydrogens is 208 g/mol. The molecule has 0 amide bonds. The van der Waals surface area contributed by atoms with Crippen molar-refractivity contribution in [2.75, 3.05) is 0 Å². The second kappa shape index (κ2) is 3.98. The summed E-state index contributed by atoms with van der Waals surface area (Å²) in [6.07, 6.45) is -1.31. The first-order valence-corrected chi connectivity index (χ1v) is 4.93. The molecule has 2 aromatic rings. The highest BCUT2D eigenvalue weighted by Gasteiger charge is 2.24. The SMILES string of the molecule is Cc1ccc(C(=O)[C@@H](O)c2ccc(C)o2)o1. The van der Waals surface area contributed by atoms with Gasteiger partial charge in [-0.3, -0.25) is 4.79 Å². The van der Waals surface area contributed by atoms with Gasteiger partial charge in [0, 0.05) is 0 Å². The van der Waals surface area contributed by atoms with Crippen LogP contribution in [0.2, 0.25) is 0 Å². The zero-order valence-corrected chi connectivity index (χ0v) is 9.06. The standard InChI is InChI=1S/C12H12O4/c1-7-3-5-9(15-7)11(13)12(14)10-6-4-8(2)16-10/h3-6,11,13H,1-2H3/t11-/m0/s1. The van der Waals surface area contributed by atoms with Gasteiger partial charge in [-0.15, -0.1) is 0 Å². The van der Waals surface area contributed by atoms with Gasteiger partial charge in [-0.1, -0.05) is 0 Å². The maximum atomic E-state index is 11.8. The van der Waals surface area contributed by atoms with E-state index in [0.29, 0.717) is 11.5 Å². The molecule has 0 unspecified atom stereocenters. The third-order valence-electron chi connectivity index (χ3n) is 2.26. The maximum Gasteiger partial charge on any atom is 0.234 e. The number of carbonyl (C=O) groups is 1. The average Bonchev–Trinajstić information content (AvgIpc) is 2.85. The minimum atomic E-state index is -1.31. The Hall–Kier alpha value is -1.81. The van der Waals surface area contributed by atoms with E-state index in [2.05, 4.69) is 0 Å². The lowest BCUT2D eigenvalue weighted by Gasteiger charge is -2.03. The molecule has 16 heavy (non-hydrogen) atoms. The number of carbonyl (C=O) groups excluding carboxylic acids is 1. The van der Waals surface area contributed by atoms with Crippen molar-refractivity contribution < 1.29 is 18.7 Å². The van der Waals surface area contributed by atoms with Gasteiger partial charge >= 0.3 is 0 Å². The summed E-state index contributed by atoms with van der Waals surface area (Å²) >= 11 is 0. The highest BCUT2D eigenvalue weighted by Crippen LogP contribution is 2.21. The second-order valence-corrected chi connectivity index (χ2v) is 3.63. The van der Waals surface area contributed by atoms with Crippen LogP contribution in [0, 0.1) is 13.8 Å². The van der Waals surface area contributed by atoms with Crippen LogP contribution in [0.1, 0.15) is 33.9 Å². The molecule has 4 heteroatoms. The summed E-state index contributed by atoms with van der Waals surface area (Å²) in [5, 5.41) is 9.76. The molecule has 84 valence electrons. The van der Waals surface area contributed by atoms with Crippen LogP contribution < -0.4 is 0 Å². The molecule has 0 bridgehead atoms. The fourth-order valence-corrected chi connectivity index (χ4v) is 1.43. The van der Waals surface area contributed by atoms with Gasteiger partial charge in [0.25, 0.3) is 0 Å². The molecule has 0 aliphatic heterocycles. The number of Topliss-reactive ketones (excluding diaryl/α,β-unsaturated/α-hetero) is 1. The minimum Gasteiger partial charge on any atom is -0.463 e. The van der Waals surface area contributed by atoms with E-state index < -0.39 is 11.9 Å². The molecule has 1 N–H and O–H groups in total. The van der Waals surface area contributed by atoms with Crippen molar-refractivity contribution in [2.24, 2.45) is 0 Å². The van der Waals surface area contributed by atoms with Crippen molar-refractivity contribution >= 4 is 5.78 Å². The van der Waals surface area contributed by atoms with Gasteiger partial charge in [0.1, 0.15) is 17.3 Å². The van der Waals surface area contributed by atoms with E-state index in [9.17, 15) is 9.90 Å². The number of hydrogen-bond acceptors (Lipinski definition) is 4. The van der Waals surface area contributed by atoms with E-state index in [-0.39, 0.29) is 11.5 Å². The van der Waals surface area contributed by atoms with E-state index in [1.807, 2.05) is 0 Å². The molecule has 0 saturated carbocycles.